The van der Waals surface area contributed by atoms with Crippen LogP contribution in [0.2, 0.25) is 0 Å². The van der Waals surface area contributed by atoms with E-state index in [-0.39, 0.29) is 22.4 Å². The highest BCUT2D eigenvalue weighted by molar-refractivity contribution is 5.30. The fourth-order valence-corrected chi connectivity index (χ4v) is 2.08. The maximum absolute atomic E-state index is 12.6. The van der Waals surface area contributed by atoms with Crippen molar-refractivity contribution in [3.05, 3.63) is 27.9 Å². The van der Waals surface area contributed by atoms with Crippen LogP contribution in [0.5, 0.6) is 0 Å². The third-order valence-corrected chi connectivity index (χ3v) is 3.01. The molecule has 0 aromatic carbocycles. The van der Waals surface area contributed by atoms with Gasteiger partial charge in [0, 0.05) is 17.0 Å². The monoisotopic (exact) mass is 250 g/mol. The van der Waals surface area contributed by atoms with E-state index in [0.29, 0.717) is 0 Å². The molecular formula is C15H26N2O. The Morgan fingerprint density at radius 1 is 1.06 bits per heavy atom. The summed E-state index contributed by atoms with van der Waals surface area (Å²) in [5.74, 6) is 0. The Balaban J connectivity index is 3.70. The zero-order valence-electron chi connectivity index (χ0n) is 13.0. The number of nitrogens with zero attached hydrogens (tertiary/aromatic N) is 2. The molecule has 0 aliphatic rings. The van der Waals surface area contributed by atoms with Crippen LogP contribution < -0.4 is 5.56 Å². The molecule has 0 saturated carbocycles. The van der Waals surface area contributed by atoms with Crippen molar-refractivity contribution in [2.45, 2.75) is 72.3 Å². The van der Waals surface area contributed by atoms with Crippen LogP contribution >= 0.6 is 0 Å². The normalized spacial score (nSPS) is 13.2. The van der Waals surface area contributed by atoms with Gasteiger partial charge in [-0.15, -0.1) is 0 Å². The van der Waals surface area contributed by atoms with Gasteiger partial charge in [-0.1, -0.05) is 41.5 Å². The van der Waals surface area contributed by atoms with Gasteiger partial charge < -0.3 is 0 Å². The van der Waals surface area contributed by atoms with Crippen LogP contribution in [0.1, 0.15) is 72.7 Å². The summed E-state index contributed by atoms with van der Waals surface area (Å²) in [5, 5.41) is 0. The summed E-state index contributed by atoms with van der Waals surface area (Å²) >= 11 is 0. The van der Waals surface area contributed by atoms with Gasteiger partial charge in [-0.25, -0.2) is 4.98 Å². The molecule has 3 nitrogen and oxygen atoms in total. The van der Waals surface area contributed by atoms with E-state index in [1.807, 2.05) is 13.8 Å². The molecule has 0 spiro atoms. The second-order valence-corrected chi connectivity index (χ2v) is 7.27. The molecule has 102 valence electrons. The maximum atomic E-state index is 12.6. The summed E-state index contributed by atoms with van der Waals surface area (Å²) in [4.78, 5) is 17.2. The fraction of sp³-hybridized carbons (Fsp3) is 0.733. The van der Waals surface area contributed by atoms with E-state index < -0.39 is 0 Å². The maximum Gasteiger partial charge on any atom is 0.257 e. The van der Waals surface area contributed by atoms with Crippen LogP contribution in [0.25, 0.3) is 0 Å². The molecule has 3 heteroatoms. The van der Waals surface area contributed by atoms with Crippen molar-refractivity contribution >= 4 is 0 Å². The van der Waals surface area contributed by atoms with E-state index in [1.165, 1.54) is 0 Å². The molecule has 0 fully saturated rings. The lowest BCUT2D eigenvalue weighted by Gasteiger charge is -2.29. The molecule has 0 aliphatic heterocycles. The third-order valence-electron chi connectivity index (χ3n) is 3.01. The molecule has 0 amide bonds. The van der Waals surface area contributed by atoms with Crippen LogP contribution in [-0.2, 0) is 10.8 Å². The van der Waals surface area contributed by atoms with Gasteiger partial charge in [0.2, 0.25) is 0 Å². The van der Waals surface area contributed by atoms with Crippen molar-refractivity contribution in [1.29, 1.82) is 0 Å². The van der Waals surface area contributed by atoms with E-state index in [0.717, 1.165) is 11.3 Å². The standard InChI is InChI=1S/C15H26N2O/c1-10(2)17-9-16-12(15(6,7)8)11(13(17)18)14(3,4)5/h9-10H,1-8H3. The van der Waals surface area contributed by atoms with Crippen molar-refractivity contribution < 1.29 is 0 Å². The molecule has 0 radical (unpaired) electrons. The van der Waals surface area contributed by atoms with Crippen LogP contribution in [0.15, 0.2) is 11.1 Å². The third kappa shape index (κ3) is 2.82. The molecule has 1 rings (SSSR count). The molecule has 0 bridgehead atoms. The Morgan fingerprint density at radius 3 is 1.89 bits per heavy atom. The highest BCUT2D eigenvalue weighted by Crippen LogP contribution is 2.29. The Morgan fingerprint density at radius 2 is 1.56 bits per heavy atom. The first-order valence-electron chi connectivity index (χ1n) is 6.58. The largest absolute Gasteiger partial charge is 0.296 e. The number of rotatable bonds is 1. The molecule has 1 aromatic rings. The van der Waals surface area contributed by atoms with Gasteiger partial charge in [-0.3, -0.25) is 9.36 Å². The lowest BCUT2D eigenvalue weighted by molar-refractivity contribution is 0.475. The van der Waals surface area contributed by atoms with Gasteiger partial charge >= 0.3 is 0 Å². The zero-order chi connectivity index (χ0) is 14.3. The quantitative estimate of drug-likeness (QED) is 0.765. The molecule has 0 aliphatic carbocycles. The Bertz CT molecular complexity index is 485. The number of hydrogen-bond donors (Lipinski definition) is 0. The van der Waals surface area contributed by atoms with Crippen molar-refractivity contribution in [3.63, 3.8) is 0 Å². The summed E-state index contributed by atoms with van der Waals surface area (Å²) in [6, 6.07) is 0.139. The van der Waals surface area contributed by atoms with Gasteiger partial charge in [0.25, 0.3) is 5.56 Å². The lowest BCUT2D eigenvalue weighted by Crippen LogP contribution is -2.36. The Hall–Kier alpha value is -1.12. The van der Waals surface area contributed by atoms with Crippen LogP contribution in [0, 0.1) is 0 Å². The summed E-state index contributed by atoms with van der Waals surface area (Å²) in [6.07, 6.45) is 1.68. The van der Waals surface area contributed by atoms with Gasteiger partial charge in [0.1, 0.15) is 0 Å². The summed E-state index contributed by atoms with van der Waals surface area (Å²) in [5.41, 5.74) is 1.54. The van der Waals surface area contributed by atoms with E-state index in [2.05, 4.69) is 46.5 Å². The topological polar surface area (TPSA) is 34.9 Å². The van der Waals surface area contributed by atoms with Gasteiger partial charge in [-0.2, -0.15) is 0 Å². The predicted octanol–water partition coefficient (Wildman–Crippen LogP) is 3.42. The van der Waals surface area contributed by atoms with Crippen molar-refractivity contribution in [2.24, 2.45) is 0 Å². The molecule has 0 unspecified atom stereocenters. The Kier molecular flexibility index (Phi) is 3.75. The van der Waals surface area contributed by atoms with Crippen LogP contribution in [-0.4, -0.2) is 9.55 Å². The van der Waals surface area contributed by atoms with Gasteiger partial charge in [0.05, 0.1) is 12.0 Å². The second-order valence-electron chi connectivity index (χ2n) is 7.27. The molecule has 0 N–H and O–H groups in total. The minimum atomic E-state index is -0.190. The van der Waals surface area contributed by atoms with E-state index in [9.17, 15) is 4.79 Å². The summed E-state index contributed by atoms with van der Waals surface area (Å²) in [6.45, 7) is 16.5. The highest BCUT2D eigenvalue weighted by Gasteiger charge is 2.30. The number of hydrogen-bond acceptors (Lipinski definition) is 2. The van der Waals surface area contributed by atoms with Crippen LogP contribution in [0.3, 0.4) is 0 Å². The first-order valence-corrected chi connectivity index (χ1v) is 6.58. The first kappa shape index (κ1) is 14.9. The number of aromatic nitrogens is 2. The molecule has 0 atom stereocenters. The average molecular weight is 250 g/mol. The minimum absolute atomic E-state index is 0.0948. The SMILES string of the molecule is CC(C)n1cnc(C(C)(C)C)c(C(C)(C)C)c1=O. The minimum Gasteiger partial charge on any atom is -0.296 e. The van der Waals surface area contributed by atoms with Crippen molar-refractivity contribution in [2.75, 3.05) is 0 Å². The van der Waals surface area contributed by atoms with E-state index >= 15 is 0 Å². The first-order chi connectivity index (χ1) is 7.96. The van der Waals surface area contributed by atoms with Gasteiger partial charge in [0.15, 0.2) is 0 Å². The van der Waals surface area contributed by atoms with Crippen molar-refractivity contribution in [3.8, 4) is 0 Å². The van der Waals surface area contributed by atoms with Crippen molar-refractivity contribution in [1.82, 2.24) is 9.55 Å². The zero-order valence-corrected chi connectivity index (χ0v) is 13.0. The molecular weight excluding hydrogens is 224 g/mol. The smallest absolute Gasteiger partial charge is 0.257 e. The average Bonchev–Trinajstić information content (AvgIpc) is 2.12. The molecule has 18 heavy (non-hydrogen) atoms. The summed E-state index contributed by atoms with van der Waals surface area (Å²) in [7, 11) is 0. The van der Waals surface area contributed by atoms with Gasteiger partial charge in [-0.05, 0) is 19.3 Å². The lowest BCUT2D eigenvalue weighted by atomic mass is 9.79. The predicted molar refractivity (Wildman–Crippen MR) is 76.3 cm³/mol. The Labute approximate surface area is 110 Å². The van der Waals surface area contributed by atoms with Crippen LogP contribution in [0.4, 0.5) is 0 Å². The highest BCUT2D eigenvalue weighted by atomic mass is 16.1. The fourth-order valence-electron chi connectivity index (χ4n) is 2.08. The molecule has 1 aromatic heterocycles. The van der Waals surface area contributed by atoms with E-state index in [4.69, 9.17) is 0 Å². The molecule has 0 saturated heterocycles. The second kappa shape index (κ2) is 4.52. The van der Waals surface area contributed by atoms with E-state index in [1.54, 1.807) is 10.9 Å². The molecule has 1 heterocycles. The summed E-state index contributed by atoms with van der Waals surface area (Å²) < 4.78 is 1.72.